The minimum absolute atomic E-state index is 0.0373. The second kappa shape index (κ2) is 10.3. The number of aliphatic carboxylic acids is 1. The van der Waals surface area contributed by atoms with Crippen molar-refractivity contribution < 1.29 is 24.2 Å². The molecule has 0 saturated carbocycles. The number of carboxylic acid groups (broad SMARTS) is 1. The van der Waals surface area contributed by atoms with Crippen LogP contribution in [0, 0.1) is 5.92 Å². The van der Waals surface area contributed by atoms with E-state index in [1.807, 2.05) is 43.3 Å². The number of carboxylic acids is 1. The highest BCUT2D eigenvalue weighted by Gasteiger charge is 2.29. The fourth-order valence-electron chi connectivity index (χ4n) is 4.09. The lowest BCUT2D eigenvalue weighted by Crippen LogP contribution is -2.47. The molecule has 0 bridgehead atoms. The summed E-state index contributed by atoms with van der Waals surface area (Å²) in [4.78, 5) is 36.0. The smallest absolute Gasteiger partial charge is 0.407 e. The van der Waals surface area contributed by atoms with Crippen LogP contribution in [0.5, 0.6) is 0 Å². The number of ether oxygens (including phenoxy) is 1. The number of fused-ring (bicyclic) bond motifs is 3. The van der Waals surface area contributed by atoms with Crippen LogP contribution >= 0.6 is 0 Å². The summed E-state index contributed by atoms with van der Waals surface area (Å²) < 4.78 is 5.49. The first-order valence-corrected chi connectivity index (χ1v) is 11.0. The predicted molar refractivity (Wildman–Crippen MR) is 121 cm³/mol. The van der Waals surface area contributed by atoms with Crippen LogP contribution in [0.4, 0.5) is 4.79 Å². The normalized spacial score (nSPS) is 15.1. The lowest BCUT2D eigenvalue weighted by molar-refractivity contribution is -0.143. The molecule has 0 aliphatic heterocycles. The molecule has 1 aliphatic carbocycles. The van der Waals surface area contributed by atoms with E-state index in [1.54, 1.807) is 13.8 Å². The average Bonchev–Trinajstić information content (AvgIpc) is 3.09. The Kier molecular flexibility index (Phi) is 7.51. The molecule has 1 aliphatic rings. The molecule has 2 amide bonds. The van der Waals surface area contributed by atoms with Crippen LogP contribution in [0.15, 0.2) is 48.5 Å². The monoisotopic (exact) mass is 438 g/mol. The van der Waals surface area contributed by atoms with Gasteiger partial charge in [-0.2, -0.15) is 0 Å². The van der Waals surface area contributed by atoms with Gasteiger partial charge in [-0.05, 0) is 35.1 Å². The van der Waals surface area contributed by atoms with Crippen molar-refractivity contribution in [2.75, 3.05) is 6.61 Å². The van der Waals surface area contributed by atoms with Gasteiger partial charge in [-0.1, -0.05) is 68.8 Å². The summed E-state index contributed by atoms with van der Waals surface area (Å²) in [6.07, 6.45) is -0.0151. The maximum Gasteiger partial charge on any atom is 0.407 e. The van der Waals surface area contributed by atoms with E-state index in [2.05, 4.69) is 22.8 Å². The van der Waals surface area contributed by atoms with Crippen molar-refractivity contribution >= 4 is 18.0 Å². The number of nitrogens with one attached hydrogen (secondary N) is 2. The molecule has 0 radical (unpaired) electrons. The molecule has 170 valence electrons. The minimum atomic E-state index is -1.06. The molecule has 0 saturated heterocycles. The van der Waals surface area contributed by atoms with Crippen molar-refractivity contribution in [1.82, 2.24) is 10.6 Å². The zero-order chi connectivity index (χ0) is 23.3. The number of rotatable bonds is 9. The quantitative estimate of drug-likeness (QED) is 0.550. The summed E-state index contributed by atoms with van der Waals surface area (Å²) >= 11 is 0. The van der Waals surface area contributed by atoms with Crippen molar-refractivity contribution in [3.8, 4) is 11.1 Å². The Labute approximate surface area is 188 Å². The van der Waals surface area contributed by atoms with Gasteiger partial charge in [-0.3, -0.25) is 4.79 Å². The van der Waals surface area contributed by atoms with Gasteiger partial charge in [0.2, 0.25) is 5.91 Å². The number of amides is 2. The second-order valence-corrected chi connectivity index (χ2v) is 8.34. The van der Waals surface area contributed by atoms with Crippen molar-refractivity contribution in [3.63, 3.8) is 0 Å². The van der Waals surface area contributed by atoms with E-state index in [-0.39, 0.29) is 24.9 Å². The fraction of sp³-hybridized carbons (Fsp3) is 0.400. The Balaban J connectivity index is 1.53. The number of hydrogen-bond donors (Lipinski definition) is 3. The summed E-state index contributed by atoms with van der Waals surface area (Å²) in [5.74, 6) is -1.73. The molecule has 2 aromatic rings. The van der Waals surface area contributed by atoms with E-state index in [4.69, 9.17) is 4.74 Å². The summed E-state index contributed by atoms with van der Waals surface area (Å²) in [7, 11) is 0. The SMILES string of the molecule is CCC(C)C(NC(=O)C[C@H](C)NC(=O)OCC1c2ccccc2-c2ccccc21)C(=O)O. The standard InChI is InChI=1S/C25H30N2O5/c1-4-15(2)23(24(29)30)27-22(28)13-16(3)26-25(31)32-14-21-19-11-7-5-9-17(19)18-10-6-8-12-20(18)21/h5-12,15-16,21,23H,4,13-14H2,1-3H3,(H,26,31)(H,27,28)(H,29,30)/t15?,16-,23?/m0/s1. The van der Waals surface area contributed by atoms with Gasteiger partial charge in [0.1, 0.15) is 12.6 Å². The largest absolute Gasteiger partial charge is 0.480 e. The van der Waals surface area contributed by atoms with Gasteiger partial charge in [0.05, 0.1) is 0 Å². The molecule has 3 rings (SSSR count). The summed E-state index contributed by atoms with van der Waals surface area (Å²) in [6.45, 7) is 5.51. The van der Waals surface area contributed by atoms with Crippen molar-refractivity contribution in [2.45, 2.75) is 51.6 Å². The molecule has 3 atom stereocenters. The lowest BCUT2D eigenvalue weighted by Gasteiger charge is -2.21. The number of hydrogen-bond acceptors (Lipinski definition) is 4. The topological polar surface area (TPSA) is 105 Å². The molecule has 2 unspecified atom stereocenters. The lowest BCUT2D eigenvalue weighted by atomic mass is 9.98. The maximum atomic E-state index is 12.3. The van der Waals surface area contributed by atoms with Gasteiger partial charge < -0.3 is 20.5 Å². The van der Waals surface area contributed by atoms with Crippen LogP contribution in [0.2, 0.25) is 0 Å². The summed E-state index contributed by atoms with van der Waals surface area (Å²) in [6, 6.07) is 14.7. The molecule has 2 aromatic carbocycles. The third-order valence-corrected chi connectivity index (χ3v) is 6.00. The Hall–Kier alpha value is -3.35. The average molecular weight is 439 g/mol. The molecule has 0 spiro atoms. The number of benzene rings is 2. The fourth-order valence-corrected chi connectivity index (χ4v) is 4.09. The Morgan fingerprint density at radius 3 is 2.06 bits per heavy atom. The summed E-state index contributed by atoms with van der Waals surface area (Å²) in [5.41, 5.74) is 4.55. The molecule has 32 heavy (non-hydrogen) atoms. The van der Waals surface area contributed by atoms with E-state index in [0.29, 0.717) is 6.42 Å². The molecular weight excluding hydrogens is 408 g/mol. The van der Waals surface area contributed by atoms with Crippen LogP contribution in [-0.4, -0.2) is 41.8 Å². The van der Waals surface area contributed by atoms with E-state index in [1.165, 1.54) is 0 Å². The van der Waals surface area contributed by atoms with Gasteiger partial charge in [-0.25, -0.2) is 9.59 Å². The number of carbonyl (C=O) groups is 3. The van der Waals surface area contributed by atoms with Crippen LogP contribution in [0.25, 0.3) is 11.1 Å². The number of alkyl carbamates (subject to hydrolysis) is 1. The molecule has 3 N–H and O–H groups in total. The third kappa shape index (κ3) is 5.28. The zero-order valence-corrected chi connectivity index (χ0v) is 18.6. The molecule has 0 aromatic heterocycles. The van der Waals surface area contributed by atoms with Crippen LogP contribution in [0.1, 0.15) is 50.7 Å². The first kappa shape index (κ1) is 23.3. The van der Waals surface area contributed by atoms with E-state index < -0.39 is 30.1 Å². The van der Waals surface area contributed by atoms with Crippen molar-refractivity contribution in [1.29, 1.82) is 0 Å². The zero-order valence-electron chi connectivity index (χ0n) is 18.6. The molecule has 0 heterocycles. The maximum absolute atomic E-state index is 12.3. The van der Waals surface area contributed by atoms with Crippen molar-refractivity contribution in [3.05, 3.63) is 59.7 Å². The van der Waals surface area contributed by atoms with Gasteiger partial charge >= 0.3 is 12.1 Å². The predicted octanol–water partition coefficient (Wildman–Crippen LogP) is 3.92. The Bertz CT molecular complexity index is 944. The highest BCUT2D eigenvalue weighted by Crippen LogP contribution is 2.44. The van der Waals surface area contributed by atoms with Crippen molar-refractivity contribution in [2.24, 2.45) is 5.92 Å². The second-order valence-electron chi connectivity index (χ2n) is 8.34. The highest BCUT2D eigenvalue weighted by atomic mass is 16.5. The minimum Gasteiger partial charge on any atom is -0.480 e. The van der Waals surface area contributed by atoms with E-state index in [0.717, 1.165) is 22.3 Å². The van der Waals surface area contributed by atoms with Gasteiger partial charge in [-0.15, -0.1) is 0 Å². The van der Waals surface area contributed by atoms with E-state index >= 15 is 0 Å². The number of carbonyl (C=O) groups excluding carboxylic acids is 2. The third-order valence-electron chi connectivity index (χ3n) is 6.00. The van der Waals surface area contributed by atoms with E-state index in [9.17, 15) is 19.5 Å². The van der Waals surface area contributed by atoms with Crippen LogP contribution in [0.3, 0.4) is 0 Å². The first-order chi connectivity index (χ1) is 15.3. The molecule has 7 heteroatoms. The van der Waals surface area contributed by atoms with Gasteiger partial charge in [0.25, 0.3) is 0 Å². The summed E-state index contributed by atoms with van der Waals surface area (Å²) in [5, 5.41) is 14.5. The highest BCUT2D eigenvalue weighted by molar-refractivity contribution is 5.84. The first-order valence-electron chi connectivity index (χ1n) is 11.0. The van der Waals surface area contributed by atoms with Gasteiger partial charge in [0.15, 0.2) is 0 Å². The van der Waals surface area contributed by atoms with Crippen LogP contribution < -0.4 is 10.6 Å². The Morgan fingerprint density at radius 2 is 1.53 bits per heavy atom. The Morgan fingerprint density at radius 1 is 0.969 bits per heavy atom. The van der Waals surface area contributed by atoms with Crippen LogP contribution in [-0.2, 0) is 14.3 Å². The molecule has 7 nitrogen and oxygen atoms in total. The van der Waals surface area contributed by atoms with Gasteiger partial charge in [0, 0.05) is 18.4 Å². The molecular formula is C25H30N2O5. The molecule has 0 fully saturated rings.